The molecule has 1 N–H and O–H groups in total. The third-order valence-electron chi connectivity index (χ3n) is 4.45. The van der Waals surface area contributed by atoms with E-state index in [-0.39, 0.29) is 5.97 Å². The fourth-order valence-corrected chi connectivity index (χ4v) is 3.17. The van der Waals surface area contributed by atoms with E-state index in [1.165, 1.54) is 19.5 Å². The molecule has 0 bridgehead atoms. The standard InChI is InChI=1S/C17H34N2O2/c1-6-18-17(5,15(20)21-7-2)10-8-9-12-19-13-11-16(3,4)14-19/h18H,6-14H2,1-5H3. The van der Waals surface area contributed by atoms with Crippen LogP contribution in [0.4, 0.5) is 0 Å². The predicted molar refractivity (Wildman–Crippen MR) is 87.4 cm³/mol. The van der Waals surface area contributed by atoms with Crippen molar-refractivity contribution in [3.63, 3.8) is 0 Å². The van der Waals surface area contributed by atoms with E-state index >= 15 is 0 Å². The van der Waals surface area contributed by atoms with Crippen LogP contribution in [-0.4, -0.2) is 49.2 Å². The van der Waals surface area contributed by atoms with Crippen molar-refractivity contribution in [1.82, 2.24) is 10.2 Å². The number of likely N-dealkylation sites (N-methyl/N-ethyl adjacent to an activating group) is 1. The maximum atomic E-state index is 12.1. The highest BCUT2D eigenvalue weighted by atomic mass is 16.5. The summed E-state index contributed by atoms with van der Waals surface area (Å²) in [5, 5.41) is 3.30. The van der Waals surface area contributed by atoms with E-state index in [1.54, 1.807) is 0 Å². The van der Waals surface area contributed by atoms with E-state index in [0.29, 0.717) is 12.0 Å². The average molecular weight is 298 g/mol. The Kier molecular flexibility index (Phi) is 7.14. The molecular formula is C17H34N2O2. The first kappa shape index (κ1) is 18.4. The van der Waals surface area contributed by atoms with Gasteiger partial charge in [0, 0.05) is 6.54 Å². The quantitative estimate of drug-likeness (QED) is 0.525. The van der Waals surface area contributed by atoms with Gasteiger partial charge in [0.1, 0.15) is 5.54 Å². The zero-order chi connectivity index (χ0) is 15.9. The number of esters is 1. The van der Waals surface area contributed by atoms with Crippen LogP contribution >= 0.6 is 0 Å². The van der Waals surface area contributed by atoms with Crippen LogP contribution < -0.4 is 5.32 Å². The van der Waals surface area contributed by atoms with E-state index < -0.39 is 5.54 Å². The molecule has 0 aliphatic carbocycles. The first-order chi connectivity index (χ1) is 9.83. The van der Waals surface area contributed by atoms with E-state index in [1.807, 2.05) is 20.8 Å². The van der Waals surface area contributed by atoms with Crippen molar-refractivity contribution in [1.29, 1.82) is 0 Å². The molecule has 1 rings (SSSR count). The molecule has 124 valence electrons. The van der Waals surface area contributed by atoms with Crippen LogP contribution in [0.2, 0.25) is 0 Å². The summed E-state index contributed by atoms with van der Waals surface area (Å²) in [6.45, 7) is 15.3. The zero-order valence-corrected chi connectivity index (χ0v) is 14.6. The Balaban J connectivity index is 2.32. The Bertz CT molecular complexity index is 331. The van der Waals surface area contributed by atoms with Crippen LogP contribution in [0, 0.1) is 5.41 Å². The number of rotatable bonds is 9. The zero-order valence-electron chi connectivity index (χ0n) is 14.6. The van der Waals surface area contributed by atoms with Crippen molar-refractivity contribution in [2.75, 3.05) is 32.8 Å². The Labute approximate surface area is 130 Å². The predicted octanol–water partition coefficient (Wildman–Crippen LogP) is 2.82. The van der Waals surface area contributed by atoms with Gasteiger partial charge in [0.25, 0.3) is 0 Å². The average Bonchev–Trinajstić information content (AvgIpc) is 2.75. The van der Waals surface area contributed by atoms with E-state index in [2.05, 4.69) is 24.1 Å². The highest BCUT2D eigenvalue weighted by molar-refractivity contribution is 5.80. The summed E-state index contributed by atoms with van der Waals surface area (Å²) in [7, 11) is 0. The topological polar surface area (TPSA) is 41.6 Å². The van der Waals surface area contributed by atoms with Crippen molar-refractivity contribution in [3.05, 3.63) is 0 Å². The molecular weight excluding hydrogens is 264 g/mol. The number of carbonyl (C=O) groups is 1. The molecule has 1 aliphatic heterocycles. The van der Waals surface area contributed by atoms with Gasteiger partial charge in [0.15, 0.2) is 0 Å². The third kappa shape index (κ3) is 5.95. The normalized spacial score (nSPS) is 21.2. The minimum atomic E-state index is -0.533. The molecule has 0 radical (unpaired) electrons. The second kappa shape index (κ2) is 8.14. The van der Waals surface area contributed by atoms with Gasteiger partial charge in [-0.3, -0.25) is 4.79 Å². The van der Waals surface area contributed by atoms with Crippen molar-refractivity contribution in [2.45, 2.75) is 65.8 Å². The third-order valence-corrected chi connectivity index (χ3v) is 4.45. The smallest absolute Gasteiger partial charge is 0.326 e. The number of nitrogens with one attached hydrogen (secondary N) is 1. The van der Waals surface area contributed by atoms with Gasteiger partial charge in [-0.05, 0) is 64.6 Å². The number of hydrogen-bond acceptors (Lipinski definition) is 4. The van der Waals surface area contributed by atoms with Crippen molar-refractivity contribution < 1.29 is 9.53 Å². The number of unbranched alkanes of at least 4 members (excludes halogenated alkanes) is 1. The Morgan fingerprint density at radius 2 is 2.05 bits per heavy atom. The van der Waals surface area contributed by atoms with Crippen LogP contribution in [0.15, 0.2) is 0 Å². The summed E-state index contributed by atoms with van der Waals surface area (Å²) >= 11 is 0. The number of nitrogens with zero attached hydrogens (tertiary/aromatic N) is 1. The SMILES string of the molecule is CCNC(C)(CCCCN1CCC(C)(C)C1)C(=O)OCC. The molecule has 1 fully saturated rings. The van der Waals surface area contributed by atoms with Gasteiger partial charge in [-0.2, -0.15) is 0 Å². The van der Waals surface area contributed by atoms with Crippen LogP contribution in [0.5, 0.6) is 0 Å². The summed E-state index contributed by atoms with van der Waals surface area (Å²) in [6, 6.07) is 0. The summed E-state index contributed by atoms with van der Waals surface area (Å²) in [4.78, 5) is 14.6. The molecule has 1 heterocycles. The fourth-order valence-electron chi connectivity index (χ4n) is 3.17. The lowest BCUT2D eigenvalue weighted by Crippen LogP contribution is -2.50. The van der Waals surface area contributed by atoms with E-state index in [9.17, 15) is 4.79 Å². The van der Waals surface area contributed by atoms with Gasteiger partial charge < -0.3 is 15.0 Å². The van der Waals surface area contributed by atoms with E-state index in [0.717, 1.165) is 32.4 Å². The molecule has 21 heavy (non-hydrogen) atoms. The number of likely N-dealkylation sites (tertiary alicyclic amines) is 1. The summed E-state index contributed by atoms with van der Waals surface area (Å²) in [6.07, 6.45) is 4.34. The lowest BCUT2D eigenvalue weighted by Gasteiger charge is -2.28. The van der Waals surface area contributed by atoms with Gasteiger partial charge in [-0.1, -0.05) is 20.8 Å². The molecule has 4 heteroatoms. The first-order valence-corrected chi connectivity index (χ1v) is 8.47. The van der Waals surface area contributed by atoms with Gasteiger partial charge in [-0.25, -0.2) is 0 Å². The van der Waals surface area contributed by atoms with Crippen molar-refractivity contribution >= 4 is 5.97 Å². The molecule has 0 aromatic heterocycles. The maximum absolute atomic E-state index is 12.1. The van der Waals surface area contributed by atoms with Crippen LogP contribution in [0.1, 0.15) is 60.3 Å². The minimum absolute atomic E-state index is 0.117. The molecule has 0 amide bonds. The molecule has 0 saturated carbocycles. The molecule has 1 aliphatic rings. The van der Waals surface area contributed by atoms with Crippen molar-refractivity contribution in [2.24, 2.45) is 5.41 Å². The largest absolute Gasteiger partial charge is 0.465 e. The summed E-state index contributed by atoms with van der Waals surface area (Å²) < 4.78 is 5.21. The molecule has 1 atom stereocenters. The summed E-state index contributed by atoms with van der Waals surface area (Å²) in [5.74, 6) is -0.117. The van der Waals surface area contributed by atoms with Gasteiger partial charge in [0.05, 0.1) is 6.61 Å². The maximum Gasteiger partial charge on any atom is 0.326 e. The molecule has 1 saturated heterocycles. The van der Waals surface area contributed by atoms with Gasteiger partial charge in [0.2, 0.25) is 0 Å². The minimum Gasteiger partial charge on any atom is -0.465 e. The number of ether oxygens (including phenoxy) is 1. The van der Waals surface area contributed by atoms with Gasteiger partial charge in [-0.15, -0.1) is 0 Å². The van der Waals surface area contributed by atoms with Crippen LogP contribution in [-0.2, 0) is 9.53 Å². The molecule has 0 aromatic rings. The highest BCUT2D eigenvalue weighted by Crippen LogP contribution is 2.29. The lowest BCUT2D eigenvalue weighted by atomic mass is 9.93. The monoisotopic (exact) mass is 298 g/mol. The molecule has 0 aromatic carbocycles. The number of hydrogen-bond donors (Lipinski definition) is 1. The Morgan fingerprint density at radius 3 is 2.57 bits per heavy atom. The molecule has 1 unspecified atom stereocenters. The first-order valence-electron chi connectivity index (χ1n) is 8.47. The van der Waals surface area contributed by atoms with E-state index in [4.69, 9.17) is 4.74 Å². The fraction of sp³-hybridized carbons (Fsp3) is 0.941. The van der Waals surface area contributed by atoms with Crippen molar-refractivity contribution in [3.8, 4) is 0 Å². The lowest BCUT2D eigenvalue weighted by molar-refractivity contribution is -0.150. The molecule has 4 nitrogen and oxygen atoms in total. The second-order valence-electron chi connectivity index (χ2n) is 7.23. The Morgan fingerprint density at radius 1 is 1.33 bits per heavy atom. The molecule has 0 spiro atoms. The highest BCUT2D eigenvalue weighted by Gasteiger charge is 2.33. The van der Waals surface area contributed by atoms with Crippen LogP contribution in [0.3, 0.4) is 0 Å². The Hall–Kier alpha value is -0.610. The second-order valence-corrected chi connectivity index (χ2v) is 7.23. The summed E-state index contributed by atoms with van der Waals surface area (Å²) in [5.41, 5.74) is -0.0573. The van der Waals surface area contributed by atoms with Gasteiger partial charge >= 0.3 is 5.97 Å². The van der Waals surface area contributed by atoms with Crippen LogP contribution in [0.25, 0.3) is 0 Å². The number of carbonyl (C=O) groups excluding carboxylic acids is 1.